The van der Waals surface area contributed by atoms with E-state index in [0.717, 1.165) is 22.1 Å². The quantitative estimate of drug-likeness (QED) is 0.532. The van der Waals surface area contributed by atoms with Gasteiger partial charge in [0, 0.05) is 0 Å². The van der Waals surface area contributed by atoms with E-state index in [1.807, 2.05) is 57.2 Å². The molecule has 2 aromatic heterocycles. The maximum Gasteiger partial charge on any atom is 0.309 e. The number of nitrogens with zero attached hydrogens (tertiary/aromatic N) is 6. The van der Waals surface area contributed by atoms with Crippen LogP contribution < -0.4 is 0 Å². The summed E-state index contributed by atoms with van der Waals surface area (Å²) in [5.41, 5.74) is 3.88. The number of fused-ring (bicyclic) bond motifs is 2. The van der Waals surface area contributed by atoms with Gasteiger partial charge in [0.25, 0.3) is 0 Å². The highest BCUT2D eigenvalue weighted by atomic mass is 28.3. The van der Waals surface area contributed by atoms with Gasteiger partial charge in [0.05, 0.1) is 11.0 Å². The van der Waals surface area contributed by atoms with E-state index >= 15 is 0 Å². The average Bonchev–Trinajstić information content (AvgIpc) is 3.12. The molecule has 4 aromatic rings. The largest absolute Gasteiger partial charge is 0.309 e. The van der Waals surface area contributed by atoms with Gasteiger partial charge in [0.1, 0.15) is 11.0 Å². The van der Waals surface area contributed by atoms with Crippen molar-refractivity contribution in [1.82, 2.24) is 29.3 Å². The van der Waals surface area contributed by atoms with E-state index in [4.69, 9.17) is 0 Å². The molecular weight excluding hydrogens is 280 g/mol. The van der Waals surface area contributed by atoms with E-state index in [1.165, 1.54) is 0 Å². The van der Waals surface area contributed by atoms with Crippen LogP contribution in [0.1, 0.15) is 0 Å². The summed E-state index contributed by atoms with van der Waals surface area (Å²) in [6.07, 6.45) is 0. The lowest BCUT2D eigenvalue weighted by Crippen LogP contribution is -2.46. The highest BCUT2D eigenvalue weighted by Crippen LogP contribution is 2.20. The Balaban J connectivity index is 1.97. The van der Waals surface area contributed by atoms with Crippen LogP contribution in [0.4, 0.5) is 0 Å². The zero-order valence-corrected chi connectivity index (χ0v) is 12.8. The maximum atomic E-state index is 4.37. The van der Waals surface area contributed by atoms with E-state index in [-0.39, 0.29) is 0 Å². The van der Waals surface area contributed by atoms with Crippen molar-refractivity contribution in [3.05, 3.63) is 48.5 Å². The number of para-hydroxylation sites is 2. The van der Waals surface area contributed by atoms with E-state index in [9.17, 15) is 0 Å². The fourth-order valence-corrected chi connectivity index (χ4v) is 4.90. The third-order valence-corrected chi connectivity index (χ3v) is 6.47. The predicted molar refractivity (Wildman–Crippen MR) is 83.3 cm³/mol. The summed E-state index contributed by atoms with van der Waals surface area (Å²) in [5, 5.41) is 17.3. The third kappa shape index (κ3) is 1.71. The monoisotopic (exact) mass is 294 g/mol. The molecule has 0 aliphatic heterocycles. The number of benzene rings is 2. The molecule has 104 valence electrons. The second kappa shape index (κ2) is 4.22. The lowest BCUT2D eigenvalue weighted by atomic mass is 10.3. The summed E-state index contributed by atoms with van der Waals surface area (Å²) in [7, 11) is -2.19. The SMILES string of the molecule is C[Si](C)(n1nnc2ccccc21)n1nnc2ccccc21. The first-order valence-corrected chi connectivity index (χ1v) is 9.69. The predicted octanol–water partition coefficient (Wildman–Crippen LogP) is 2.27. The van der Waals surface area contributed by atoms with Crippen molar-refractivity contribution >= 4 is 30.5 Å². The highest BCUT2D eigenvalue weighted by molar-refractivity contribution is 6.75. The molecule has 2 aromatic carbocycles. The molecule has 6 nitrogen and oxygen atoms in total. The van der Waals surface area contributed by atoms with Crippen LogP contribution in [0.2, 0.25) is 13.1 Å². The van der Waals surface area contributed by atoms with Crippen LogP contribution in [0, 0.1) is 0 Å². The van der Waals surface area contributed by atoms with Crippen LogP contribution in [0.5, 0.6) is 0 Å². The zero-order valence-electron chi connectivity index (χ0n) is 11.8. The summed E-state index contributed by atoms with van der Waals surface area (Å²) in [6, 6.07) is 16.0. The third-order valence-electron chi connectivity index (χ3n) is 3.74. The van der Waals surface area contributed by atoms with Crippen molar-refractivity contribution in [2.75, 3.05) is 0 Å². The van der Waals surface area contributed by atoms with E-state index < -0.39 is 8.40 Å². The number of rotatable bonds is 2. The summed E-state index contributed by atoms with van der Waals surface area (Å²) >= 11 is 0. The molecule has 7 heteroatoms. The standard InChI is InChI=1S/C14H14N6Si/c1-21(2,19-13-9-5-3-7-11(13)15-17-19)20-14-10-6-4-8-12(14)16-18-20/h3-10H,1-2H3. The van der Waals surface area contributed by atoms with Crippen LogP contribution in [0.25, 0.3) is 22.1 Å². The Labute approximate surface area is 122 Å². The average molecular weight is 294 g/mol. The molecule has 0 saturated heterocycles. The molecule has 2 heterocycles. The van der Waals surface area contributed by atoms with Gasteiger partial charge in [-0.15, -0.1) is 10.2 Å². The van der Waals surface area contributed by atoms with Gasteiger partial charge in [-0.2, -0.15) is 0 Å². The molecule has 0 atom stereocenters. The Morgan fingerprint density at radius 1 is 0.714 bits per heavy atom. The van der Waals surface area contributed by atoms with Crippen molar-refractivity contribution in [3.8, 4) is 0 Å². The van der Waals surface area contributed by atoms with Crippen LogP contribution >= 0.6 is 0 Å². The van der Waals surface area contributed by atoms with E-state index in [1.54, 1.807) is 0 Å². The molecule has 0 bridgehead atoms. The Kier molecular flexibility index (Phi) is 2.46. The smallest absolute Gasteiger partial charge is 0.251 e. The minimum Gasteiger partial charge on any atom is -0.251 e. The second-order valence-corrected chi connectivity index (χ2v) is 9.31. The lowest BCUT2D eigenvalue weighted by molar-refractivity contribution is 0.778. The fraction of sp³-hybridized carbons (Fsp3) is 0.143. The van der Waals surface area contributed by atoms with Crippen LogP contribution in [0.3, 0.4) is 0 Å². The van der Waals surface area contributed by atoms with Gasteiger partial charge in [-0.3, -0.25) is 8.69 Å². The van der Waals surface area contributed by atoms with Gasteiger partial charge in [-0.25, -0.2) is 0 Å². The topological polar surface area (TPSA) is 61.4 Å². The van der Waals surface area contributed by atoms with Gasteiger partial charge in [0.2, 0.25) is 0 Å². The van der Waals surface area contributed by atoms with Gasteiger partial charge in [0.15, 0.2) is 0 Å². The minimum atomic E-state index is -2.19. The van der Waals surface area contributed by atoms with Gasteiger partial charge < -0.3 is 0 Å². The zero-order chi connectivity index (χ0) is 14.4. The molecule has 0 amide bonds. The minimum absolute atomic E-state index is 0.905. The summed E-state index contributed by atoms with van der Waals surface area (Å²) in [5.74, 6) is 0. The second-order valence-electron chi connectivity index (χ2n) is 5.47. The van der Waals surface area contributed by atoms with Crippen molar-refractivity contribution in [2.24, 2.45) is 0 Å². The van der Waals surface area contributed by atoms with Gasteiger partial charge in [-0.1, -0.05) is 34.7 Å². The van der Waals surface area contributed by atoms with E-state index in [2.05, 4.69) is 33.7 Å². The molecule has 0 radical (unpaired) electrons. The first kappa shape index (κ1) is 12.2. The van der Waals surface area contributed by atoms with E-state index in [0.29, 0.717) is 0 Å². The molecule has 0 spiro atoms. The van der Waals surface area contributed by atoms with Crippen molar-refractivity contribution in [2.45, 2.75) is 13.1 Å². The van der Waals surface area contributed by atoms with Crippen LogP contribution in [0.15, 0.2) is 48.5 Å². The summed E-state index contributed by atoms with van der Waals surface area (Å²) in [4.78, 5) is 0. The maximum absolute atomic E-state index is 4.37. The van der Waals surface area contributed by atoms with Gasteiger partial charge in [-0.05, 0) is 37.4 Å². The van der Waals surface area contributed by atoms with Crippen LogP contribution in [-0.4, -0.2) is 37.7 Å². The first-order valence-electron chi connectivity index (χ1n) is 6.80. The molecule has 0 aliphatic rings. The Morgan fingerprint density at radius 3 is 1.62 bits per heavy atom. The number of aromatic nitrogens is 6. The highest BCUT2D eigenvalue weighted by Gasteiger charge is 2.33. The fourth-order valence-electron chi connectivity index (χ4n) is 2.64. The molecule has 4 rings (SSSR count). The van der Waals surface area contributed by atoms with Crippen molar-refractivity contribution in [3.63, 3.8) is 0 Å². The molecule has 0 saturated carbocycles. The number of hydrogen-bond acceptors (Lipinski definition) is 4. The summed E-state index contributed by atoms with van der Waals surface area (Å²) < 4.78 is 4.03. The van der Waals surface area contributed by atoms with Gasteiger partial charge >= 0.3 is 8.40 Å². The summed E-state index contributed by atoms with van der Waals surface area (Å²) in [6.45, 7) is 4.38. The van der Waals surface area contributed by atoms with Crippen molar-refractivity contribution in [1.29, 1.82) is 0 Å². The van der Waals surface area contributed by atoms with Crippen molar-refractivity contribution < 1.29 is 0 Å². The lowest BCUT2D eigenvalue weighted by Gasteiger charge is -2.22. The molecule has 0 aliphatic carbocycles. The molecule has 21 heavy (non-hydrogen) atoms. The Morgan fingerprint density at radius 2 is 1.14 bits per heavy atom. The van der Waals surface area contributed by atoms with Crippen LogP contribution in [-0.2, 0) is 0 Å². The Hall–Kier alpha value is -2.54. The molecule has 0 fully saturated rings. The normalized spacial score (nSPS) is 12.3. The molecular formula is C14H14N6Si. The first-order chi connectivity index (χ1) is 10.2. The molecule has 0 unspecified atom stereocenters. The Bertz CT molecular complexity index is 863. The molecule has 0 N–H and O–H groups in total. The number of hydrogen-bond donors (Lipinski definition) is 0.